The molecular weight excluding hydrogens is 438 g/mol. The Balaban J connectivity index is 1.30. The number of rotatable bonds is 5. The average Bonchev–Trinajstić information content (AvgIpc) is 2.78. The minimum atomic E-state index is -1.50. The molecule has 7 heteroatoms. The van der Waals surface area contributed by atoms with Crippen LogP contribution >= 0.6 is 11.6 Å². The van der Waals surface area contributed by atoms with Crippen LogP contribution in [0.4, 0.5) is 0 Å². The van der Waals surface area contributed by atoms with Crippen LogP contribution in [-0.2, 0) is 10.4 Å². The second-order valence-electron chi connectivity index (χ2n) is 9.55. The fourth-order valence-corrected chi connectivity index (χ4v) is 5.12. The van der Waals surface area contributed by atoms with Gasteiger partial charge >= 0.3 is 0 Å². The van der Waals surface area contributed by atoms with Crippen LogP contribution in [0.25, 0.3) is 0 Å². The highest BCUT2D eigenvalue weighted by atomic mass is 35.5. The number of likely N-dealkylation sites (tertiary alicyclic amines) is 2. The molecule has 1 atom stereocenters. The maximum Gasteiger partial charge on any atom is 0.258 e. The molecule has 2 aliphatic heterocycles. The lowest BCUT2D eigenvalue weighted by Crippen LogP contribution is -2.56. The summed E-state index contributed by atoms with van der Waals surface area (Å²) in [4.78, 5) is 31.0. The van der Waals surface area contributed by atoms with Crippen molar-refractivity contribution in [3.63, 3.8) is 0 Å². The third-order valence-corrected chi connectivity index (χ3v) is 7.34. The van der Waals surface area contributed by atoms with Gasteiger partial charge < -0.3 is 14.9 Å². The molecule has 2 aromatic carbocycles. The Kier molecular flexibility index (Phi) is 6.80. The van der Waals surface area contributed by atoms with Crippen molar-refractivity contribution < 1.29 is 14.7 Å². The van der Waals surface area contributed by atoms with E-state index in [2.05, 4.69) is 4.90 Å². The maximum absolute atomic E-state index is 13.0. The predicted octanol–water partition coefficient (Wildman–Crippen LogP) is 3.34. The molecule has 0 saturated carbocycles. The lowest BCUT2D eigenvalue weighted by molar-refractivity contribution is -0.152. The molecule has 2 saturated heterocycles. The van der Waals surface area contributed by atoms with Crippen molar-refractivity contribution in [3.05, 3.63) is 70.2 Å². The van der Waals surface area contributed by atoms with Gasteiger partial charge in [0.1, 0.15) is 0 Å². The number of carbonyl (C=O) groups excluding carboxylic acids is 2. The first-order valence-electron chi connectivity index (χ1n) is 11.5. The number of amides is 2. The highest BCUT2D eigenvalue weighted by Gasteiger charge is 2.40. The summed E-state index contributed by atoms with van der Waals surface area (Å²) in [5.74, 6) is 0.0921. The summed E-state index contributed by atoms with van der Waals surface area (Å²) in [6, 6.07) is 15.3. The van der Waals surface area contributed by atoms with E-state index in [-0.39, 0.29) is 11.8 Å². The van der Waals surface area contributed by atoms with Crippen molar-refractivity contribution in [2.75, 3.05) is 40.3 Å². The van der Waals surface area contributed by atoms with Gasteiger partial charge in [-0.05, 0) is 43.0 Å². The van der Waals surface area contributed by atoms with Crippen molar-refractivity contribution in [3.8, 4) is 0 Å². The van der Waals surface area contributed by atoms with Gasteiger partial charge in [-0.2, -0.15) is 0 Å². The van der Waals surface area contributed by atoms with Crippen molar-refractivity contribution in [2.24, 2.45) is 0 Å². The SMILES string of the molecule is CN(C)C(=O)c1ccc(C2CN(C3CCN(C(=O)[C@@](C)(O)c4ccccc4)CC3)C2)cc1Cl. The monoisotopic (exact) mass is 469 g/mol. The molecule has 0 aromatic heterocycles. The van der Waals surface area contributed by atoms with Gasteiger partial charge in [-0.25, -0.2) is 0 Å². The van der Waals surface area contributed by atoms with Gasteiger partial charge in [-0.3, -0.25) is 14.5 Å². The van der Waals surface area contributed by atoms with Crippen molar-refractivity contribution in [1.82, 2.24) is 14.7 Å². The summed E-state index contributed by atoms with van der Waals surface area (Å²) in [5.41, 5.74) is 0.817. The van der Waals surface area contributed by atoms with E-state index in [4.69, 9.17) is 11.6 Å². The zero-order valence-corrected chi connectivity index (χ0v) is 20.3. The highest BCUT2D eigenvalue weighted by molar-refractivity contribution is 6.33. The second kappa shape index (κ2) is 9.45. The van der Waals surface area contributed by atoms with E-state index in [0.29, 0.717) is 41.2 Å². The van der Waals surface area contributed by atoms with E-state index in [0.717, 1.165) is 31.5 Å². The topological polar surface area (TPSA) is 64.1 Å². The number of halogens is 1. The Hall–Kier alpha value is -2.41. The van der Waals surface area contributed by atoms with Crippen molar-refractivity contribution >= 4 is 23.4 Å². The molecule has 4 rings (SSSR count). The maximum atomic E-state index is 13.0. The molecule has 2 heterocycles. The van der Waals surface area contributed by atoms with Crippen LogP contribution < -0.4 is 0 Å². The third-order valence-electron chi connectivity index (χ3n) is 7.03. The smallest absolute Gasteiger partial charge is 0.258 e. The molecule has 33 heavy (non-hydrogen) atoms. The van der Waals surface area contributed by atoms with Crippen LogP contribution in [0.15, 0.2) is 48.5 Å². The largest absolute Gasteiger partial charge is 0.376 e. The number of hydrogen-bond acceptors (Lipinski definition) is 4. The Morgan fingerprint density at radius 3 is 2.27 bits per heavy atom. The molecule has 0 spiro atoms. The van der Waals surface area contributed by atoms with Gasteiger partial charge in [0.2, 0.25) is 0 Å². The van der Waals surface area contributed by atoms with Gasteiger partial charge in [-0.1, -0.05) is 48.0 Å². The zero-order valence-electron chi connectivity index (χ0n) is 19.5. The highest BCUT2D eigenvalue weighted by Crippen LogP contribution is 2.34. The van der Waals surface area contributed by atoms with Gasteiger partial charge in [0.05, 0.1) is 10.6 Å². The van der Waals surface area contributed by atoms with E-state index in [9.17, 15) is 14.7 Å². The van der Waals surface area contributed by atoms with E-state index < -0.39 is 5.60 Å². The Morgan fingerprint density at radius 1 is 1.06 bits per heavy atom. The quantitative estimate of drug-likeness (QED) is 0.729. The zero-order chi connectivity index (χ0) is 23.8. The Bertz CT molecular complexity index is 1010. The summed E-state index contributed by atoms with van der Waals surface area (Å²) in [6.07, 6.45) is 1.81. The minimum Gasteiger partial charge on any atom is -0.376 e. The van der Waals surface area contributed by atoms with Crippen molar-refractivity contribution in [2.45, 2.75) is 37.3 Å². The molecule has 6 nitrogen and oxygen atoms in total. The van der Waals surface area contributed by atoms with Crippen LogP contribution in [0.1, 0.15) is 47.2 Å². The first-order chi connectivity index (χ1) is 15.7. The van der Waals surface area contributed by atoms with Crippen LogP contribution in [0, 0.1) is 0 Å². The van der Waals surface area contributed by atoms with Gasteiger partial charge in [0.15, 0.2) is 5.60 Å². The molecule has 0 unspecified atom stereocenters. The molecule has 176 valence electrons. The van der Waals surface area contributed by atoms with Gasteiger partial charge in [0, 0.05) is 52.2 Å². The summed E-state index contributed by atoms with van der Waals surface area (Å²) in [6.45, 7) is 4.80. The van der Waals surface area contributed by atoms with E-state index in [1.807, 2.05) is 36.4 Å². The molecule has 2 fully saturated rings. The number of benzene rings is 2. The molecule has 1 N–H and O–H groups in total. The molecule has 0 radical (unpaired) electrons. The average molecular weight is 470 g/mol. The second-order valence-corrected chi connectivity index (χ2v) is 9.96. The van der Waals surface area contributed by atoms with E-state index >= 15 is 0 Å². The lowest BCUT2D eigenvalue weighted by Gasteiger charge is -2.48. The third kappa shape index (κ3) is 4.79. The predicted molar refractivity (Wildman–Crippen MR) is 129 cm³/mol. The summed E-state index contributed by atoms with van der Waals surface area (Å²) >= 11 is 6.39. The number of carbonyl (C=O) groups is 2. The first kappa shape index (κ1) is 23.7. The van der Waals surface area contributed by atoms with Crippen LogP contribution in [-0.4, -0.2) is 77.9 Å². The number of nitrogens with zero attached hydrogens (tertiary/aromatic N) is 3. The fourth-order valence-electron chi connectivity index (χ4n) is 4.85. The van der Waals surface area contributed by atoms with E-state index in [1.165, 1.54) is 4.90 Å². The standard InChI is InChI=1S/C26H32ClN3O3/c1-26(33,20-7-5-4-6-8-20)25(32)29-13-11-21(12-14-29)30-16-19(17-30)18-9-10-22(23(27)15-18)24(31)28(2)3/h4-10,15,19,21,33H,11-14,16-17H2,1-3H3/t26-/m0/s1. The molecule has 0 bridgehead atoms. The van der Waals surface area contributed by atoms with Crippen molar-refractivity contribution in [1.29, 1.82) is 0 Å². The number of hydrogen-bond donors (Lipinski definition) is 1. The lowest BCUT2D eigenvalue weighted by atomic mass is 9.87. The summed E-state index contributed by atoms with van der Waals surface area (Å²) in [5, 5.41) is 11.4. The van der Waals surface area contributed by atoms with Gasteiger partial charge in [-0.15, -0.1) is 0 Å². The summed E-state index contributed by atoms with van der Waals surface area (Å²) < 4.78 is 0. The minimum absolute atomic E-state index is 0.0886. The summed E-state index contributed by atoms with van der Waals surface area (Å²) in [7, 11) is 3.44. The van der Waals surface area contributed by atoms with Crippen LogP contribution in [0.5, 0.6) is 0 Å². The molecule has 2 aromatic rings. The molecule has 2 amide bonds. The van der Waals surface area contributed by atoms with Crippen LogP contribution in [0.2, 0.25) is 5.02 Å². The first-order valence-corrected chi connectivity index (χ1v) is 11.9. The molecular formula is C26H32ClN3O3. The number of aliphatic hydroxyl groups is 1. The Morgan fingerprint density at radius 2 is 1.70 bits per heavy atom. The van der Waals surface area contributed by atoms with Crippen LogP contribution in [0.3, 0.4) is 0 Å². The van der Waals surface area contributed by atoms with E-state index in [1.54, 1.807) is 38.1 Å². The molecule has 0 aliphatic carbocycles. The normalized spacial score (nSPS) is 19.6. The number of piperidine rings is 1. The Labute approximate surface area is 200 Å². The molecule has 2 aliphatic rings. The fraction of sp³-hybridized carbons (Fsp3) is 0.462. The van der Waals surface area contributed by atoms with Gasteiger partial charge in [0.25, 0.3) is 11.8 Å².